The molecule has 1 rings (SSSR count). The molecule has 0 aliphatic heterocycles. The maximum Gasteiger partial charge on any atom is 0.331 e. The number of amides is 1. The van der Waals surface area contributed by atoms with Crippen LogP contribution < -0.4 is 5.32 Å². The molecule has 6 nitrogen and oxygen atoms in total. The molecule has 1 amide bonds. The van der Waals surface area contributed by atoms with Gasteiger partial charge in [-0.1, -0.05) is 6.07 Å². The number of carbonyl (C=O) groups is 3. The van der Waals surface area contributed by atoms with Gasteiger partial charge in [-0.05, 0) is 24.8 Å². The highest BCUT2D eigenvalue weighted by Gasteiger charge is 2.05. The molecule has 0 spiro atoms. The summed E-state index contributed by atoms with van der Waals surface area (Å²) in [7, 11) is 0. The van der Waals surface area contributed by atoms with Crippen LogP contribution in [0.2, 0.25) is 0 Å². The summed E-state index contributed by atoms with van der Waals surface area (Å²) in [5.41, 5.74) is 0. The Morgan fingerprint density at radius 3 is 2.57 bits per heavy atom. The Bertz CT molecular complexity index is 495. The Morgan fingerprint density at radius 2 is 1.95 bits per heavy atom. The molecular formula is C14H17NO5S. The molecule has 0 unspecified atom stereocenters. The molecule has 0 aromatic carbocycles. The maximum atomic E-state index is 11.4. The molecule has 0 saturated carbocycles. The van der Waals surface area contributed by atoms with Crippen molar-refractivity contribution in [1.29, 1.82) is 0 Å². The number of thiophene rings is 1. The first-order chi connectivity index (χ1) is 10.1. The minimum atomic E-state index is -0.767. The predicted molar refractivity (Wildman–Crippen MR) is 77.8 cm³/mol. The molecule has 1 aromatic rings. The van der Waals surface area contributed by atoms with Crippen LogP contribution in [-0.2, 0) is 30.3 Å². The molecular weight excluding hydrogens is 294 g/mol. The lowest BCUT2D eigenvalue weighted by atomic mass is 10.3. The van der Waals surface area contributed by atoms with Gasteiger partial charge in [-0.3, -0.25) is 4.79 Å². The minimum absolute atomic E-state index is 0.227. The molecule has 21 heavy (non-hydrogen) atoms. The number of carbonyl (C=O) groups excluding carboxylic acids is 3. The number of rotatable bonds is 8. The van der Waals surface area contributed by atoms with Gasteiger partial charge in [0, 0.05) is 23.6 Å². The fourth-order valence-electron chi connectivity index (χ4n) is 1.34. The van der Waals surface area contributed by atoms with Crippen molar-refractivity contribution in [3.8, 4) is 0 Å². The monoisotopic (exact) mass is 311 g/mol. The zero-order valence-corrected chi connectivity index (χ0v) is 12.5. The lowest BCUT2D eigenvalue weighted by molar-refractivity contribution is -0.144. The zero-order chi connectivity index (χ0) is 15.5. The van der Waals surface area contributed by atoms with E-state index in [1.165, 1.54) is 4.88 Å². The predicted octanol–water partition coefficient (Wildman–Crippen LogP) is 1.07. The third-order valence-electron chi connectivity index (χ3n) is 2.26. The van der Waals surface area contributed by atoms with Crippen LogP contribution in [0.5, 0.6) is 0 Å². The minimum Gasteiger partial charge on any atom is -0.463 e. The first-order valence-corrected chi connectivity index (χ1v) is 7.30. The molecule has 7 heteroatoms. The molecule has 1 N–H and O–H groups in total. The second kappa shape index (κ2) is 9.71. The van der Waals surface area contributed by atoms with Gasteiger partial charge in [0.1, 0.15) is 0 Å². The van der Waals surface area contributed by atoms with Gasteiger partial charge in [0.2, 0.25) is 0 Å². The standard InChI is InChI=1S/C14H17NO5S/c1-2-19-13(17)5-6-14(18)20-10-12(16)15-8-7-11-4-3-9-21-11/h3-6,9H,2,7-8,10H2,1H3,(H,15,16)/b6-5+. The van der Waals surface area contributed by atoms with Gasteiger partial charge in [0.05, 0.1) is 6.61 Å². The summed E-state index contributed by atoms with van der Waals surface area (Å²) in [6, 6.07) is 3.93. The zero-order valence-electron chi connectivity index (χ0n) is 11.7. The Hall–Kier alpha value is -2.15. The Morgan fingerprint density at radius 1 is 1.24 bits per heavy atom. The summed E-state index contributed by atoms with van der Waals surface area (Å²) in [5.74, 6) is -1.78. The average Bonchev–Trinajstić information content (AvgIpc) is 2.96. The van der Waals surface area contributed by atoms with Crippen molar-refractivity contribution in [3.05, 3.63) is 34.5 Å². The summed E-state index contributed by atoms with van der Waals surface area (Å²) in [4.78, 5) is 34.8. The van der Waals surface area contributed by atoms with E-state index >= 15 is 0 Å². The summed E-state index contributed by atoms with van der Waals surface area (Å²) in [5, 5.41) is 4.60. The molecule has 1 aromatic heterocycles. The van der Waals surface area contributed by atoms with E-state index in [2.05, 4.69) is 14.8 Å². The molecule has 0 aliphatic rings. The van der Waals surface area contributed by atoms with E-state index in [4.69, 9.17) is 0 Å². The lowest BCUT2D eigenvalue weighted by Crippen LogP contribution is -2.30. The Labute approximate surface area is 126 Å². The Balaban J connectivity index is 2.14. The van der Waals surface area contributed by atoms with Gasteiger partial charge in [-0.15, -0.1) is 11.3 Å². The van der Waals surface area contributed by atoms with Crippen LogP contribution in [0.15, 0.2) is 29.7 Å². The number of ether oxygens (including phenoxy) is 2. The van der Waals surface area contributed by atoms with Crippen LogP contribution in [0.1, 0.15) is 11.8 Å². The highest BCUT2D eigenvalue weighted by Crippen LogP contribution is 2.07. The van der Waals surface area contributed by atoms with Crippen LogP contribution in [0.3, 0.4) is 0 Å². The summed E-state index contributed by atoms with van der Waals surface area (Å²) in [6.07, 6.45) is 2.62. The van der Waals surface area contributed by atoms with Crippen molar-refractivity contribution in [2.45, 2.75) is 13.3 Å². The average molecular weight is 311 g/mol. The Kier molecular flexibility index (Phi) is 7.81. The SMILES string of the molecule is CCOC(=O)/C=C/C(=O)OCC(=O)NCCc1cccs1. The summed E-state index contributed by atoms with van der Waals surface area (Å²) >= 11 is 1.62. The van der Waals surface area contributed by atoms with E-state index < -0.39 is 11.9 Å². The first-order valence-electron chi connectivity index (χ1n) is 6.42. The molecule has 0 aliphatic carbocycles. The van der Waals surface area contributed by atoms with Crippen LogP contribution in [0.25, 0.3) is 0 Å². The van der Waals surface area contributed by atoms with E-state index in [9.17, 15) is 14.4 Å². The van der Waals surface area contributed by atoms with Crippen molar-refractivity contribution < 1.29 is 23.9 Å². The van der Waals surface area contributed by atoms with E-state index in [-0.39, 0.29) is 19.1 Å². The second-order valence-electron chi connectivity index (χ2n) is 3.87. The molecule has 0 radical (unpaired) electrons. The van der Waals surface area contributed by atoms with E-state index in [0.29, 0.717) is 6.54 Å². The van der Waals surface area contributed by atoms with Gasteiger partial charge < -0.3 is 14.8 Å². The van der Waals surface area contributed by atoms with Crippen LogP contribution >= 0.6 is 11.3 Å². The molecule has 1 heterocycles. The number of hydrogen-bond acceptors (Lipinski definition) is 6. The lowest BCUT2D eigenvalue weighted by Gasteiger charge is -2.04. The van der Waals surface area contributed by atoms with Crippen molar-refractivity contribution in [2.75, 3.05) is 19.8 Å². The van der Waals surface area contributed by atoms with Gasteiger partial charge in [0.15, 0.2) is 6.61 Å². The van der Waals surface area contributed by atoms with Gasteiger partial charge in [-0.2, -0.15) is 0 Å². The first kappa shape index (κ1) is 16.9. The third kappa shape index (κ3) is 7.88. The van der Waals surface area contributed by atoms with Crippen molar-refractivity contribution in [3.63, 3.8) is 0 Å². The fraction of sp³-hybridized carbons (Fsp3) is 0.357. The molecule has 0 fully saturated rings. The van der Waals surface area contributed by atoms with E-state index in [0.717, 1.165) is 18.6 Å². The van der Waals surface area contributed by atoms with Gasteiger partial charge in [-0.25, -0.2) is 9.59 Å². The molecule has 114 valence electrons. The van der Waals surface area contributed by atoms with Gasteiger partial charge >= 0.3 is 11.9 Å². The number of esters is 2. The normalized spacial score (nSPS) is 10.3. The van der Waals surface area contributed by atoms with Crippen molar-refractivity contribution in [1.82, 2.24) is 5.32 Å². The summed E-state index contributed by atoms with van der Waals surface area (Å²) < 4.78 is 9.27. The second-order valence-corrected chi connectivity index (χ2v) is 4.90. The highest BCUT2D eigenvalue weighted by molar-refractivity contribution is 7.09. The van der Waals surface area contributed by atoms with E-state index in [1.807, 2.05) is 17.5 Å². The van der Waals surface area contributed by atoms with Crippen molar-refractivity contribution in [2.24, 2.45) is 0 Å². The van der Waals surface area contributed by atoms with Gasteiger partial charge in [0.25, 0.3) is 5.91 Å². The third-order valence-corrected chi connectivity index (χ3v) is 3.20. The van der Waals surface area contributed by atoms with Crippen LogP contribution in [0.4, 0.5) is 0 Å². The molecule has 0 saturated heterocycles. The van der Waals surface area contributed by atoms with E-state index in [1.54, 1.807) is 18.3 Å². The quantitative estimate of drug-likeness (QED) is 0.573. The largest absolute Gasteiger partial charge is 0.463 e. The summed E-state index contributed by atoms with van der Waals surface area (Å²) in [6.45, 7) is 1.99. The van der Waals surface area contributed by atoms with Crippen molar-refractivity contribution >= 4 is 29.2 Å². The smallest absolute Gasteiger partial charge is 0.331 e. The number of hydrogen-bond donors (Lipinski definition) is 1. The molecule has 0 bridgehead atoms. The topological polar surface area (TPSA) is 81.7 Å². The molecule has 0 atom stereocenters. The number of nitrogens with one attached hydrogen (secondary N) is 1. The maximum absolute atomic E-state index is 11.4. The fourth-order valence-corrected chi connectivity index (χ4v) is 2.05. The van der Waals surface area contributed by atoms with Crippen LogP contribution in [-0.4, -0.2) is 37.6 Å². The van der Waals surface area contributed by atoms with Crippen LogP contribution in [0, 0.1) is 0 Å². The highest BCUT2D eigenvalue weighted by atomic mass is 32.1.